The number of aliphatic hydroxyl groups is 1. The molecular formula is C15H22O4. The fourth-order valence-corrected chi connectivity index (χ4v) is 3.62. The van der Waals surface area contributed by atoms with Crippen molar-refractivity contribution in [2.24, 2.45) is 11.8 Å². The minimum absolute atomic E-state index is 0.0581. The van der Waals surface area contributed by atoms with Crippen LogP contribution in [0.2, 0.25) is 0 Å². The predicted molar refractivity (Wildman–Crippen MR) is 70.4 cm³/mol. The monoisotopic (exact) mass is 266 g/mol. The van der Waals surface area contributed by atoms with E-state index in [-0.39, 0.29) is 17.4 Å². The Morgan fingerprint density at radius 2 is 2.05 bits per heavy atom. The third kappa shape index (κ3) is 1.76. The number of hydrogen-bond acceptors (Lipinski definition) is 4. The largest absolute Gasteiger partial charge is 0.451 e. The molecule has 2 fully saturated rings. The summed E-state index contributed by atoms with van der Waals surface area (Å²) in [5.74, 6) is -1.26. The lowest BCUT2D eigenvalue weighted by molar-refractivity contribution is -0.202. The first-order chi connectivity index (χ1) is 8.78. The summed E-state index contributed by atoms with van der Waals surface area (Å²) in [6, 6.07) is 0. The number of carbonyl (C=O) groups is 2. The third-order valence-corrected chi connectivity index (χ3v) is 4.87. The van der Waals surface area contributed by atoms with E-state index >= 15 is 0 Å². The smallest absolute Gasteiger partial charge is 0.346 e. The van der Waals surface area contributed by atoms with Crippen LogP contribution in [0, 0.1) is 11.8 Å². The van der Waals surface area contributed by atoms with E-state index in [9.17, 15) is 14.7 Å². The maximum Gasteiger partial charge on any atom is 0.346 e. The summed E-state index contributed by atoms with van der Waals surface area (Å²) in [4.78, 5) is 24.3. The van der Waals surface area contributed by atoms with Crippen molar-refractivity contribution < 1.29 is 19.4 Å². The van der Waals surface area contributed by atoms with Crippen molar-refractivity contribution in [2.75, 3.05) is 0 Å². The fraction of sp³-hybridized carbons (Fsp3) is 0.733. The van der Waals surface area contributed by atoms with Crippen molar-refractivity contribution in [3.8, 4) is 0 Å². The van der Waals surface area contributed by atoms with E-state index < -0.39 is 23.0 Å². The van der Waals surface area contributed by atoms with E-state index in [0.717, 1.165) is 25.7 Å². The number of Topliss-reactive ketones (excluding diaryl/α,β-unsaturated/α-hetero) is 1. The molecule has 19 heavy (non-hydrogen) atoms. The highest BCUT2D eigenvalue weighted by molar-refractivity contribution is 6.17. The number of ether oxygens (including phenoxy) is 1. The molecule has 4 heteroatoms. The molecule has 2 rings (SSSR count). The van der Waals surface area contributed by atoms with Crippen LogP contribution in [0.25, 0.3) is 0 Å². The summed E-state index contributed by atoms with van der Waals surface area (Å²) in [6.07, 6.45) is 3.71. The first-order valence-corrected chi connectivity index (χ1v) is 6.98. The molecule has 1 aliphatic heterocycles. The van der Waals surface area contributed by atoms with Gasteiger partial charge in [-0.1, -0.05) is 26.8 Å². The Hall–Kier alpha value is -1.16. The molecule has 4 atom stereocenters. The maximum atomic E-state index is 12.3. The number of rotatable bonds is 1. The Bertz CT molecular complexity index is 437. The Balaban J connectivity index is 2.50. The third-order valence-electron chi connectivity index (χ3n) is 4.87. The van der Waals surface area contributed by atoms with Crippen LogP contribution in [-0.2, 0) is 14.3 Å². The summed E-state index contributed by atoms with van der Waals surface area (Å²) in [7, 11) is 0. The highest BCUT2D eigenvalue weighted by atomic mass is 16.6. The average molecular weight is 266 g/mol. The average Bonchev–Trinajstić information content (AvgIpc) is 2.37. The fourth-order valence-electron chi connectivity index (χ4n) is 3.62. The van der Waals surface area contributed by atoms with Crippen LogP contribution in [0.15, 0.2) is 12.2 Å². The number of hydrogen-bond donors (Lipinski definition) is 1. The molecule has 1 aliphatic carbocycles. The zero-order valence-electron chi connectivity index (χ0n) is 11.9. The van der Waals surface area contributed by atoms with E-state index in [4.69, 9.17) is 4.74 Å². The minimum Gasteiger partial charge on any atom is -0.451 e. The van der Waals surface area contributed by atoms with Gasteiger partial charge in [0.15, 0.2) is 0 Å². The summed E-state index contributed by atoms with van der Waals surface area (Å²) in [5, 5.41) is 9.96. The van der Waals surface area contributed by atoms with Crippen molar-refractivity contribution in [2.45, 2.75) is 57.7 Å². The van der Waals surface area contributed by atoms with Gasteiger partial charge in [0.1, 0.15) is 5.60 Å². The Kier molecular flexibility index (Phi) is 3.33. The topological polar surface area (TPSA) is 63.6 Å². The van der Waals surface area contributed by atoms with Crippen molar-refractivity contribution in [3.05, 3.63) is 12.2 Å². The van der Waals surface area contributed by atoms with Crippen molar-refractivity contribution in [3.63, 3.8) is 0 Å². The molecule has 0 amide bonds. The first-order valence-electron chi connectivity index (χ1n) is 6.98. The van der Waals surface area contributed by atoms with Gasteiger partial charge in [0.2, 0.25) is 11.4 Å². The van der Waals surface area contributed by atoms with Gasteiger partial charge >= 0.3 is 5.97 Å². The van der Waals surface area contributed by atoms with Gasteiger partial charge in [-0.15, -0.1) is 0 Å². The van der Waals surface area contributed by atoms with Gasteiger partial charge in [-0.2, -0.15) is 0 Å². The molecular weight excluding hydrogens is 244 g/mol. The molecule has 4 nitrogen and oxygen atoms in total. The van der Waals surface area contributed by atoms with E-state index in [0.29, 0.717) is 0 Å². The molecule has 0 radical (unpaired) electrons. The molecule has 1 N–H and O–H groups in total. The predicted octanol–water partition coefficient (Wildman–Crippen LogP) is 2.00. The van der Waals surface area contributed by atoms with Crippen LogP contribution in [-0.4, -0.2) is 28.1 Å². The molecule has 1 saturated heterocycles. The highest BCUT2D eigenvalue weighted by Crippen LogP contribution is 2.50. The molecule has 0 bridgehead atoms. The summed E-state index contributed by atoms with van der Waals surface area (Å²) in [5.41, 5.74) is -2.74. The number of carbonyl (C=O) groups excluding carboxylic acids is 2. The molecule has 2 aliphatic rings. The number of esters is 1. The normalized spacial score (nSPS) is 43.5. The van der Waals surface area contributed by atoms with Gasteiger partial charge in [0.05, 0.1) is 0 Å². The van der Waals surface area contributed by atoms with Gasteiger partial charge in [-0.3, -0.25) is 4.79 Å². The molecule has 1 heterocycles. The SMILES string of the molecule is C=C1C(=O)[C@@](C)(O)C(=O)O[C@]12[C@H](CC)CCC[C@H]2C. The van der Waals surface area contributed by atoms with Crippen LogP contribution in [0.1, 0.15) is 46.5 Å². The molecule has 0 unspecified atom stereocenters. The van der Waals surface area contributed by atoms with E-state index in [2.05, 4.69) is 6.58 Å². The van der Waals surface area contributed by atoms with Crippen LogP contribution >= 0.6 is 0 Å². The zero-order chi connectivity index (χ0) is 14.4. The molecule has 0 aromatic carbocycles. The second-order valence-corrected chi connectivity index (χ2v) is 6.00. The van der Waals surface area contributed by atoms with Crippen LogP contribution in [0.4, 0.5) is 0 Å². The van der Waals surface area contributed by atoms with E-state index in [1.54, 1.807) is 0 Å². The highest BCUT2D eigenvalue weighted by Gasteiger charge is 2.61. The summed E-state index contributed by atoms with van der Waals surface area (Å²) >= 11 is 0. The van der Waals surface area contributed by atoms with Gasteiger partial charge in [-0.05, 0) is 26.2 Å². The van der Waals surface area contributed by atoms with Crippen LogP contribution in [0.5, 0.6) is 0 Å². The summed E-state index contributed by atoms with van der Waals surface area (Å²) < 4.78 is 5.62. The number of ketones is 1. The molecule has 0 aromatic rings. The molecule has 0 aromatic heterocycles. The molecule has 1 spiro atoms. The lowest BCUT2D eigenvalue weighted by atomic mass is 9.61. The van der Waals surface area contributed by atoms with E-state index in [1.807, 2.05) is 13.8 Å². The van der Waals surface area contributed by atoms with Gasteiger partial charge in [0, 0.05) is 17.4 Å². The maximum absolute atomic E-state index is 12.3. The second kappa shape index (κ2) is 4.44. The van der Waals surface area contributed by atoms with Crippen LogP contribution in [0.3, 0.4) is 0 Å². The van der Waals surface area contributed by atoms with Crippen molar-refractivity contribution in [1.82, 2.24) is 0 Å². The summed E-state index contributed by atoms with van der Waals surface area (Å²) in [6.45, 7) is 9.07. The minimum atomic E-state index is -2.09. The van der Waals surface area contributed by atoms with Crippen LogP contribution < -0.4 is 0 Å². The lowest BCUT2D eigenvalue weighted by Crippen LogP contribution is -2.64. The standard InChI is InChI=1S/C15H22O4/c1-5-11-8-6-7-9(2)15(11)10(3)12(16)14(4,18)13(17)19-15/h9,11,18H,3,5-8H2,1-2,4H3/t9-,11-,14-,15+/m1/s1. The Morgan fingerprint density at radius 3 is 2.63 bits per heavy atom. The van der Waals surface area contributed by atoms with Gasteiger partial charge in [-0.25, -0.2) is 4.79 Å². The van der Waals surface area contributed by atoms with Gasteiger partial charge < -0.3 is 9.84 Å². The first kappa shape index (κ1) is 14.3. The lowest BCUT2D eigenvalue weighted by Gasteiger charge is -2.52. The quantitative estimate of drug-likeness (QED) is 0.448. The van der Waals surface area contributed by atoms with Crippen molar-refractivity contribution in [1.29, 1.82) is 0 Å². The van der Waals surface area contributed by atoms with Gasteiger partial charge in [0.25, 0.3) is 0 Å². The molecule has 106 valence electrons. The Labute approximate surface area is 113 Å². The molecule has 1 saturated carbocycles. The second-order valence-electron chi connectivity index (χ2n) is 6.00. The van der Waals surface area contributed by atoms with Crippen molar-refractivity contribution >= 4 is 11.8 Å². The zero-order valence-corrected chi connectivity index (χ0v) is 11.9. The Morgan fingerprint density at radius 1 is 1.42 bits per heavy atom. The van der Waals surface area contributed by atoms with E-state index in [1.165, 1.54) is 6.92 Å².